The molecule has 2 aromatic rings. The van der Waals surface area contributed by atoms with E-state index in [1.54, 1.807) is 6.07 Å². The van der Waals surface area contributed by atoms with E-state index in [1.807, 2.05) is 12.1 Å². The third-order valence-electron chi connectivity index (χ3n) is 4.50. The summed E-state index contributed by atoms with van der Waals surface area (Å²) in [6.07, 6.45) is 4.50. The lowest BCUT2D eigenvalue weighted by Gasteiger charge is -2.23. The van der Waals surface area contributed by atoms with Crippen molar-refractivity contribution in [1.29, 1.82) is 0 Å². The molecule has 0 radical (unpaired) electrons. The number of hydrogen-bond acceptors (Lipinski definition) is 3. The number of aromatic nitrogens is 2. The van der Waals surface area contributed by atoms with Crippen LogP contribution in [-0.2, 0) is 6.54 Å². The predicted octanol–water partition coefficient (Wildman–Crippen LogP) is 2.40. The fraction of sp³-hybridized carbons (Fsp3) is 0.529. The van der Waals surface area contributed by atoms with E-state index >= 15 is 0 Å². The lowest BCUT2D eigenvalue weighted by atomic mass is 9.97. The maximum Gasteiger partial charge on any atom is 0.248 e. The summed E-state index contributed by atoms with van der Waals surface area (Å²) in [4.78, 5) is 16.3. The van der Waals surface area contributed by atoms with Gasteiger partial charge in [-0.05, 0) is 50.6 Å². The molecule has 0 spiro atoms. The molecule has 0 saturated carbocycles. The van der Waals surface area contributed by atoms with Gasteiger partial charge in [0, 0.05) is 18.0 Å². The molecular formula is C17H24N4O. The molecule has 0 unspecified atom stereocenters. The lowest BCUT2D eigenvalue weighted by molar-refractivity contribution is 0.100. The van der Waals surface area contributed by atoms with E-state index in [-0.39, 0.29) is 5.91 Å². The third kappa shape index (κ3) is 2.86. The number of hydrogen-bond donors (Lipinski definition) is 2. The normalized spacial score (nSPS) is 16.2. The van der Waals surface area contributed by atoms with Crippen molar-refractivity contribution in [2.45, 2.75) is 45.1 Å². The minimum atomic E-state index is -0.381. The van der Waals surface area contributed by atoms with Crippen LogP contribution in [0.3, 0.4) is 0 Å². The second kappa shape index (κ2) is 6.48. The zero-order valence-electron chi connectivity index (χ0n) is 13.1. The zero-order chi connectivity index (χ0) is 15.5. The highest BCUT2D eigenvalue weighted by molar-refractivity contribution is 5.96. The summed E-state index contributed by atoms with van der Waals surface area (Å²) < 4.78 is 2.31. The first-order chi connectivity index (χ1) is 10.7. The van der Waals surface area contributed by atoms with Gasteiger partial charge in [0.15, 0.2) is 0 Å². The third-order valence-corrected chi connectivity index (χ3v) is 4.50. The summed E-state index contributed by atoms with van der Waals surface area (Å²) in [6, 6.07) is 5.58. The molecule has 1 aliphatic rings. The van der Waals surface area contributed by atoms with E-state index in [1.165, 1.54) is 5.82 Å². The van der Waals surface area contributed by atoms with Crippen LogP contribution in [0.5, 0.6) is 0 Å². The van der Waals surface area contributed by atoms with Crippen LogP contribution in [0.15, 0.2) is 18.2 Å². The van der Waals surface area contributed by atoms with Gasteiger partial charge in [0.05, 0.1) is 11.0 Å². The highest BCUT2D eigenvalue weighted by Gasteiger charge is 2.22. The standard InChI is InChI=1S/C17H24N4O/c1-2-3-10-21-15-11-13(16(18)22)4-5-14(15)20-17(21)12-6-8-19-9-7-12/h4-5,11-12,19H,2-3,6-10H2,1H3,(H2,18,22). The number of carbonyl (C=O) groups is 1. The van der Waals surface area contributed by atoms with Crippen molar-refractivity contribution in [2.75, 3.05) is 13.1 Å². The Hall–Kier alpha value is -1.88. The number of fused-ring (bicyclic) bond motifs is 1. The van der Waals surface area contributed by atoms with E-state index < -0.39 is 0 Å². The monoisotopic (exact) mass is 300 g/mol. The molecule has 1 aromatic carbocycles. The molecule has 5 nitrogen and oxygen atoms in total. The van der Waals surface area contributed by atoms with Gasteiger partial charge in [-0.3, -0.25) is 4.79 Å². The fourth-order valence-electron chi connectivity index (χ4n) is 3.24. The van der Waals surface area contributed by atoms with Gasteiger partial charge in [0.25, 0.3) is 0 Å². The van der Waals surface area contributed by atoms with Crippen molar-refractivity contribution in [3.63, 3.8) is 0 Å². The van der Waals surface area contributed by atoms with Gasteiger partial charge in [-0.25, -0.2) is 4.98 Å². The molecule has 1 amide bonds. The van der Waals surface area contributed by atoms with Crippen LogP contribution < -0.4 is 11.1 Å². The number of benzene rings is 1. The van der Waals surface area contributed by atoms with Gasteiger partial charge in [-0.15, -0.1) is 0 Å². The number of aryl methyl sites for hydroxylation is 1. The van der Waals surface area contributed by atoms with E-state index in [0.29, 0.717) is 11.5 Å². The molecule has 1 aliphatic heterocycles. The number of primary amides is 1. The predicted molar refractivity (Wildman–Crippen MR) is 88.0 cm³/mol. The quantitative estimate of drug-likeness (QED) is 0.890. The van der Waals surface area contributed by atoms with Crippen molar-refractivity contribution < 1.29 is 4.79 Å². The number of nitrogens with two attached hydrogens (primary N) is 1. The van der Waals surface area contributed by atoms with Crippen molar-refractivity contribution in [3.8, 4) is 0 Å². The number of unbranched alkanes of at least 4 members (excludes halogenated alkanes) is 1. The Bertz CT molecular complexity index is 671. The van der Waals surface area contributed by atoms with Gasteiger partial charge in [-0.2, -0.15) is 0 Å². The first kappa shape index (κ1) is 15.0. The summed E-state index contributed by atoms with van der Waals surface area (Å²) in [5.74, 6) is 1.29. The van der Waals surface area contributed by atoms with Crippen LogP contribution in [0.25, 0.3) is 11.0 Å². The van der Waals surface area contributed by atoms with Crippen LogP contribution in [0.1, 0.15) is 54.7 Å². The molecule has 1 saturated heterocycles. The van der Waals surface area contributed by atoms with Crippen molar-refractivity contribution in [1.82, 2.24) is 14.9 Å². The number of nitrogens with zero attached hydrogens (tertiary/aromatic N) is 2. The van der Waals surface area contributed by atoms with Crippen LogP contribution in [0.4, 0.5) is 0 Å². The molecule has 2 heterocycles. The van der Waals surface area contributed by atoms with E-state index in [9.17, 15) is 4.79 Å². The SMILES string of the molecule is CCCCn1c(C2CCNCC2)nc2ccc(C(N)=O)cc21. The van der Waals surface area contributed by atoms with Crippen LogP contribution in [0, 0.1) is 0 Å². The minimum Gasteiger partial charge on any atom is -0.366 e. The molecule has 1 fully saturated rings. The molecule has 0 atom stereocenters. The molecule has 3 rings (SSSR count). The Labute approximate surface area is 130 Å². The maximum atomic E-state index is 11.5. The molecule has 3 N–H and O–H groups in total. The smallest absolute Gasteiger partial charge is 0.248 e. The maximum absolute atomic E-state index is 11.5. The Balaban J connectivity index is 2.07. The number of amides is 1. The number of carbonyl (C=O) groups excluding carboxylic acids is 1. The van der Waals surface area contributed by atoms with Crippen LogP contribution in [-0.4, -0.2) is 28.5 Å². The summed E-state index contributed by atoms with van der Waals surface area (Å²) >= 11 is 0. The molecule has 118 valence electrons. The highest BCUT2D eigenvalue weighted by atomic mass is 16.1. The van der Waals surface area contributed by atoms with Gasteiger partial charge in [0.2, 0.25) is 5.91 Å². The Morgan fingerprint density at radius 3 is 2.86 bits per heavy atom. The topological polar surface area (TPSA) is 72.9 Å². The number of imidazole rings is 1. The average Bonchev–Trinajstić information content (AvgIpc) is 2.91. The summed E-state index contributed by atoms with van der Waals surface area (Å²) in [6.45, 7) is 5.25. The van der Waals surface area contributed by atoms with Gasteiger partial charge < -0.3 is 15.6 Å². The Kier molecular flexibility index (Phi) is 4.43. The minimum absolute atomic E-state index is 0.381. The second-order valence-electron chi connectivity index (χ2n) is 6.07. The Morgan fingerprint density at radius 1 is 1.41 bits per heavy atom. The summed E-state index contributed by atoms with van der Waals surface area (Å²) in [7, 11) is 0. The fourth-order valence-corrected chi connectivity index (χ4v) is 3.24. The van der Waals surface area contributed by atoms with Crippen molar-refractivity contribution in [2.24, 2.45) is 5.73 Å². The zero-order valence-corrected chi connectivity index (χ0v) is 13.1. The Morgan fingerprint density at radius 2 is 2.18 bits per heavy atom. The van der Waals surface area contributed by atoms with E-state index in [4.69, 9.17) is 10.7 Å². The molecule has 1 aromatic heterocycles. The molecular weight excluding hydrogens is 276 g/mol. The number of nitrogens with one attached hydrogen (secondary N) is 1. The van der Waals surface area contributed by atoms with Gasteiger partial charge in [-0.1, -0.05) is 13.3 Å². The average molecular weight is 300 g/mol. The molecule has 5 heteroatoms. The van der Waals surface area contributed by atoms with Gasteiger partial charge in [0.1, 0.15) is 5.82 Å². The largest absolute Gasteiger partial charge is 0.366 e. The first-order valence-corrected chi connectivity index (χ1v) is 8.21. The molecule has 22 heavy (non-hydrogen) atoms. The van der Waals surface area contributed by atoms with E-state index in [2.05, 4.69) is 16.8 Å². The molecule has 0 bridgehead atoms. The highest BCUT2D eigenvalue weighted by Crippen LogP contribution is 2.29. The summed E-state index contributed by atoms with van der Waals surface area (Å²) in [5, 5.41) is 3.41. The number of piperidine rings is 1. The molecule has 0 aliphatic carbocycles. The second-order valence-corrected chi connectivity index (χ2v) is 6.07. The lowest BCUT2D eigenvalue weighted by Crippen LogP contribution is -2.28. The van der Waals surface area contributed by atoms with E-state index in [0.717, 1.165) is 56.4 Å². The number of rotatable bonds is 5. The van der Waals surface area contributed by atoms with Crippen LogP contribution in [0.2, 0.25) is 0 Å². The van der Waals surface area contributed by atoms with Crippen molar-refractivity contribution in [3.05, 3.63) is 29.6 Å². The first-order valence-electron chi connectivity index (χ1n) is 8.21. The summed E-state index contributed by atoms with van der Waals surface area (Å²) in [5.41, 5.74) is 7.99. The van der Waals surface area contributed by atoms with Crippen molar-refractivity contribution >= 4 is 16.9 Å². The van der Waals surface area contributed by atoms with Crippen LogP contribution >= 0.6 is 0 Å². The van der Waals surface area contributed by atoms with Gasteiger partial charge >= 0.3 is 0 Å².